The number of nitrogens with one attached hydrogen (secondary N) is 2. The van der Waals surface area contributed by atoms with Crippen molar-refractivity contribution in [3.05, 3.63) is 132 Å². The van der Waals surface area contributed by atoms with E-state index in [9.17, 15) is 37.9 Å². The van der Waals surface area contributed by atoms with Gasteiger partial charge in [0.2, 0.25) is 12.2 Å². The molecule has 4 saturated heterocycles. The first-order valence-corrected chi connectivity index (χ1v) is 34.2. The molecule has 6 aromatic rings. The van der Waals surface area contributed by atoms with Gasteiger partial charge in [0, 0.05) is 37.5 Å². The van der Waals surface area contributed by atoms with Crippen LogP contribution >= 0.6 is 15.5 Å². The highest BCUT2D eigenvalue weighted by Crippen LogP contribution is 2.53. The van der Waals surface area contributed by atoms with Crippen LogP contribution in [0, 0.1) is 25.0 Å². The van der Waals surface area contributed by atoms with Crippen LogP contribution in [-0.4, -0.2) is 166 Å². The van der Waals surface area contributed by atoms with E-state index in [0.29, 0.717) is 37.5 Å². The first-order chi connectivity index (χ1) is 47.0. The highest BCUT2D eigenvalue weighted by Gasteiger charge is 2.69. The molecule has 6 N–H and O–H groups in total. The average Bonchev–Trinajstić information content (AvgIpc) is 1.59. The van der Waals surface area contributed by atoms with E-state index in [2.05, 4.69) is 40.0 Å². The van der Waals surface area contributed by atoms with E-state index in [1.165, 1.54) is 59.8 Å². The zero-order valence-electron chi connectivity index (χ0n) is 54.1. The largest absolute Gasteiger partial charge is 0.464 e. The highest BCUT2D eigenvalue weighted by atomic mass is 31.2. The molecule has 8 heterocycles. The Balaban J connectivity index is 0.000000229. The summed E-state index contributed by atoms with van der Waals surface area (Å²) in [5.41, 5.74) is 8.94. The number of anilines is 2. The molecule has 4 aliphatic rings. The number of fused-ring (bicyclic) bond motifs is 2. The smallest absolute Gasteiger partial charge is 0.459 e. The molecular weight excluding hydrogens is 1330 g/mol. The summed E-state index contributed by atoms with van der Waals surface area (Å²) in [6, 6.07) is 20.0. The first-order valence-electron chi connectivity index (χ1n) is 31.1. The number of hydrogen-bond donors (Lipinski definition) is 4. The Morgan fingerprint density at radius 1 is 0.571 bits per heavy atom. The monoisotopic (exact) mass is 1400 g/mol. The van der Waals surface area contributed by atoms with Gasteiger partial charge in [-0.2, -0.15) is 20.4 Å². The zero-order chi connectivity index (χ0) is 70.4. The van der Waals surface area contributed by atoms with Gasteiger partial charge in [-0.25, -0.2) is 41.3 Å². The number of nitrogens with two attached hydrogens (primary N) is 2. The lowest BCUT2D eigenvalue weighted by molar-refractivity contribution is -0.169. The van der Waals surface area contributed by atoms with Crippen LogP contribution in [0.2, 0.25) is 0 Å². The molecule has 4 fully saturated rings. The van der Waals surface area contributed by atoms with E-state index in [1.807, 2.05) is 0 Å². The van der Waals surface area contributed by atoms with E-state index in [4.69, 9.17) is 90.1 Å². The van der Waals surface area contributed by atoms with Gasteiger partial charge >= 0.3 is 62.8 Å². The van der Waals surface area contributed by atoms with Crippen LogP contribution < -0.4 is 30.7 Å². The van der Waals surface area contributed by atoms with Gasteiger partial charge in [0.15, 0.2) is 37.1 Å². The summed E-state index contributed by atoms with van der Waals surface area (Å²) in [5, 5.41) is 13.6. The van der Waals surface area contributed by atoms with Crippen molar-refractivity contribution in [3.63, 3.8) is 0 Å². The third-order valence-corrected chi connectivity index (χ3v) is 18.8. The van der Waals surface area contributed by atoms with Crippen LogP contribution in [0.25, 0.3) is 20.7 Å². The maximum atomic E-state index is 14.4. The van der Waals surface area contributed by atoms with Crippen LogP contribution in [-0.2, 0) is 94.3 Å². The van der Waals surface area contributed by atoms with Crippen molar-refractivity contribution in [2.75, 3.05) is 64.3 Å². The molecule has 34 nitrogen and oxygen atoms in total. The number of carbonyl (C=O) groups excluding carboxylic acids is 6. The Hall–Kier alpha value is -9.18. The fourth-order valence-corrected chi connectivity index (χ4v) is 13.1. The predicted molar refractivity (Wildman–Crippen MR) is 339 cm³/mol. The van der Waals surface area contributed by atoms with Gasteiger partial charge in [-0.1, -0.05) is 64.1 Å². The van der Waals surface area contributed by atoms with Crippen LogP contribution in [0.1, 0.15) is 90.8 Å². The highest BCUT2D eigenvalue weighted by molar-refractivity contribution is 7.52. The van der Waals surface area contributed by atoms with E-state index in [0.717, 1.165) is 0 Å². The second-order valence-electron chi connectivity index (χ2n) is 22.7. The molecule has 0 unspecified atom stereocenters. The summed E-state index contributed by atoms with van der Waals surface area (Å²) >= 11 is 0. The van der Waals surface area contributed by atoms with Crippen molar-refractivity contribution in [1.29, 1.82) is 0 Å². The molecule has 0 aliphatic carbocycles. The summed E-state index contributed by atoms with van der Waals surface area (Å²) in [4.78, 5) is 91.9. The van der Waals surface area contributed by atoms with E-state index >= 15 is 0 Å². The number of nitrogens with zero attached hydrogens (tertiary/aromatic N) is 8. The molecule has 0 radical (unpaired) electrons. The van der Waals surface area contributed by atoms with Crippen molar-refractivity contribution in [1.82, 2.24) is 39.4 Å². The summed E-state index contributed by atoms with van der Waals surface area (Å²) in [6.45, 7) is 26.0. The normalized spacial score (nSPS) is 23.8. The minimum absolute atomic E-state index is 0.0466. The third-order valence-electron chi connectivity index (χ3n) is 15.5. The quantitative estimate of drug-likeness (QED) is 0.0173. The van der Waals surface area contributed by atoms with Crippen molar-refractivity contribution in [2.45, 2.75) is 127 Å². The van der Waals surface area contributed by atoms with Gasteiger partial charge in [0.1, 0.15) is 59.5 Å². The molecule has 2 aromatic carbocycles. The molecule has 0 amide bonds. The van der Waals surface area contributed by atoms with Crippen LogP contribution in [0.4, 0.5) is 11.6 Å². The molecular formula is C62H74N12O22P2. The number of nitrogen functional groups attached to an aromatic ring is 2. The Morgan fingerprint density at radius 3 is 1.26 bits per heavy atom. The van der Waals surface area contributed by atoms with Crippen molar-refractivity contribution in [3.8, 4) is 11.5 Å². The molecule has 4 aliphatic heterocycles. The number of benzene rings is 2. The standard InChI is InChI=1S/2C31H37N6O11P/c2*1-5-24(38)45-27-26(22-12-13-23-29(32)34-18-35-37(22)23)47-31(33-4,28(27)46-25(39)6-2)17-44-49(41,48-21-10-8-7-9-11-21)36-19(3)30(40)43-16-20-14-42-15-20/h2*7-13,18-20,26-28H,5-6,14-17H2,1-3H3,(H,36,41)(H2,32,34,35)/t19-,26-,27-,28-,31+,49+;19-,26-,27-,28-,31+,49-/m00/s1. The van der Waals surface area contributed by atoms with Crippen LogP contribution in [0.15, 0.2) is 97.6 Å². The van der Waals surface area contributed by atoms with Crippen LogP contribution in [0.5, 0.6) is 11.5 Å². The molecule has 4 aromatic heterocycles. The fourth-order valence-electron chi connectivity index (χ4n) is 10.1. The lowest BCUT2D eigenvalue weighted by Crippen LogP contribution is -2.48. The lowest BCUT2D eigenvalue weighted by Gasteiger charge is -2.28. The molecule has 98 heavy (non-hydrogen) atoms. The number of rotatable bonds is 30. The van der Waals surface area contributed by atoms with E-state index < -0.39 is 125 Å². The van der Waals surface area contributed by atoms with Gasteiger partial charge < -0.3 is 58.4 Å². The molecule has 10 rings (SSSR count). The lowest BCUT2D eigenvalue weighted by atomic mass is 10.0. The van der Waals surface area contributed by atoms with Gasteiger partial charge in [-0.15, -0.1) is 0 Å². The van der Waals surface area contributed by atoms with Crippen molar-refractivity contribution >= 4 is 74.0 Å². The number of carbonyl (C=O) groups is 6. The number of para-hydroxylation sites is 2. The topological polar surface area (TPSA) is 411 Å². The molecule has 524 valence electrons. The molecule has 12 atom stereocenters. The maximum Gasteiger partial charge on any atom is 0.459 e. The Morgan fingerprint density at radius 2 is 0.929 bits per heavy atom. The molecule has 0 bridgehead atoms. The molecule has 0 saturated carbocycles. The third kappa shape index (κ3) is 17.2. The van der Waals surface area contributed by atoms with Gasteiger partial charge in [-0.05, 0) is 62.4 Å². The van der Waals surface area contributed by atoms with Crippen LogP contribution in [0.3, 0.4) is 0 Å². The SMILES string of the molecule is [C-]#[N+][C@]1(CO[P@@](=O)(N[C@@H](C)C(=O)OCC2COC2)Oc2ccccc2)O[C@@H](c2ccc3c(N)ncnn23)[C@H](OC(=O)CC)[C@@H]1OC(=O)CC.[C-]#[N+][C@]1(CO[P@](=O)(N[C@@H](C)C(=O)OCC2COC2)Oc2ccccc2)O[C@@H](c2ccc3c(N)ncnn23)[C@H](OC(=O)CC)[C@@H]1OC(=O)CC. The Labute approximate surface area is 561 Å². The van der Waals surface area contributed by atoms with Crippen molar-refractivity contribution in [2.24, 2.45) is 11.8 Å². The van der Waals surface area contributed by atoms with Gasteiger partial charge in [0.25, 0.3) is 0 Å². The summed E-state index contributed by atoms with van der Waals surface area (Å²) in [7, 11) is -9.07. The summed E-state index contributed by atoms with van der Waals surface area (Å²) < 4.78 is 111. The average molecular weight is 1400 g/mol. The second kappa shape index (κ2) is 32.5. The minimum atomic E-state index is -4.54. The van der Waals surface area contributed by atoms with E-state index in [1.54, 1.807) is 88.4 Å². The summed E-state index contributed by atoms with van der Waals surface area (Å²) in [5.74, 6) is -3.62. The second-order valence-corrected chi connectivity index (χ2v) is 26.0. The Kier molecular flexibility index (Phi) is 24.2. The minimum Gasteiger partial charge on any atom is -0.464 e. The van der Waals surface area contributed by atoms with Gasteiger partial charge in [0.05, 0.1) is 51.0 Å². The number of esters is 6. The summed E-state index contributed by atoms with van der Waals surface area (Å²) in [6.07, 6.45) is -6.31. The van der Waals surface area contributed by atoms with Crippen molar-refractivity contribution < 1.29 is 103 Å². The Bertz CT molecular complexity index is 3750. The molecule has 0 spiro atoms. The fraction of sp³-hybridized carbons (Fsp3) is 0.484. The molecule has 36 heteroatoms. The number of aromatic nitrogens is 6. The zero-order valence-corrected chi connectivity index (χ0v) is 55.9. The predicted octanol–water partition coefficient (Wildman–Crippen LogP) is 6.03. The van der Waals surface area contributed by atoms with Gasteiger partial charge in [-0.3, -0.25) is 57.0 Å². The number of ether oxygens (including phenoxy) is 10. The van der Waals surface area contributed by atoms with E-state index in [-0.39, 0.29) is 85.3 Å². The number of hydrogen-bond acceptors (Lipinski definition) is 28. The maximum absolute atomic E-state index is 14.4. The first kappa shape index (κ1) is 73.1.